The van der Waals surface area contributed by atoms with Gasteiger partial charge in [0.05, 0.1) is 11.4 Å². The van der Waals surface area contributed by atoms with E-state index in [0.29, 0.717) is 24.6 Å². The molecule has 166 valence electrons. The number of guanidine groups is 1. The molecule has 0 atom stereocenters. The molecule has 2 aromatic rings. The summed E-state index contributed by atoms with van der Waals surface area (Å²) in [7, 11) is -3.65. The number of nitrogens with one attached hydrogen (secondary N) is 3. The highest BCUT2D eigenvalue weighted by molar-refractivity contribution is 14.0. The molecular weight excluding hydrogens is 518 g/mol. The third-order valence-corrected chi connectivity index (χ3v) is 5.68. The molecule has 0 unspecified atom stereocenters. The number of nitrogens with zero attached hydrogens (tertiary/aromatic N) is 1. The molecule has 6 nitrogen and oxygen atoms in total. The fraction of sp³-hybridized carbons (Fsp3) is 0.381. The van der Waals surface area contributed by atoms with Crippen LogP contribution in [0, 0.1) is 5.82 Å². The van der Waals surface area contributed by atoms with Gasteiger partial charge in [0.1, 0.15) is 5.82 Å². The molecule has 0 saturated carbocycles. The number of sulfonamides is 1. The van der Waals surface area contributed by atoms with Crippen LogP contribution in [0.4, 0.5) is 4.39 Å². The molecule has 30 heavy (non-hydrogen) atoms. The predicted molar refractivity (Wildman–Crippen MR) is 130 cm³/mol. The van der Waals surface area contributed by atoms with Crippen LogP contribution in [0.2, 0.25) is 0 Å². The Bertz CT molecular complexity index is 942. The fourth-order valence-corrected chi connectivity index (χ4v) is 4.31. The second-order valence-corrected chi connectivity index (χ2v) is 9.29. The molecule has 0 saturated heterocycles. The van der Waals surface area contributed by atoms with E-state index in [1.807, 2.05) is 6.92 Å². The van der Waals surface area contributed by atoms with Gasteiger partial charge in [-0.3, -0.25) is 0 Å². The lowest BCUT2D eigenvalue weighted by Gasteiger charge is -2.22. The van der Waals surface area contributed by atoms with Crippen molar-refractivity contribution in [2.45, 2.75) is 51.2 Å². The SMILES string of the molecule is CCNC(=NCc1ccc(F)cc1)NCc1ccccc1S(=O)(=O)NC(C)(C)C.I. The molecule has 2 aromatic carbocycles. The topological polar surface area (TPSA) is 82.6 Å². The summed E-state index contributed by atoms with van der Waals surface area (Å²) >= 11 is 0. The molecule has 0 bridgehead atoms. The third kappa shape index (κ3) is 8.57. The van der Waals surface area contributed by atoms with Crippen molar-refractivity contribution in [1.29, 1.82) is 0 Å². The number of benzene rings is 2. The van der Waals surface area contributed by atoms with Crippen molar-refractivity contribution in [1.82, 2.24) is 15.4 Å². The molecule has 0 spiro atoms. The van der Waals surface area contributed by atoms with Crippen LogP contribution in [0.25, 0.3) is 0 Å². The number of rotatable bonds is 7. The van der Waals surface area contributed by atoms with E-state index in [4.69, 9.17) is 0 Å². The Labute approximate surface area is 195 Å². The van der Waals surface area contributed by atoms with Gasteiger partial charge < -0.3 is 10.6 Å². The lowest BCUT2D eigenvalue weighted by molar-refractivity contribution is 0.491. The molecule has 0 amide bonds. The first-order valence-electron chi connectivity index (χ1n) is 9.49. The quantitative estimate of drug-likeness (QED) is 0.280. The number of hydrogen-bond acceptors (Lipinski definition) is 3. The van der Waals surface area contributed by atoms with Crippen molar-refractivity contribution in [2.24, 2.45) is 4.99 Å². The van der Waals surface area contributed by atoms with E-state index in [9.17, 15) is 12.8 Å². The van der Waals surface area contributed by atoms with E-state index >= 15 is 0 Å². The van der Waals surface area contributed by atoms with Crippen molar-refractivity contribution in [3.05, 3.63) is 65.5 Å². The monoisotopic (exact) mass is 548 g/mol. The van der Waals surface area contributed by atoms with E-state index in [2.05, 4.69) is 20.3 Å². The maximum Gasteiger partial charge on any atom is 0.241 e. The van der Waals surface area contributed by atoms with Crippen LogP contribution in [0.15, 0.2) is 58.4 Å². The molecule has 2 rings (SSSR count). The highest BCUT2D eigenvalue weighted by Crippen LogP contribution is 2.17. The minimum atomic E-state index is -3.65. The first-order valence-corrected chi connectivity index (χ1v) is 11.0. The van der Waals surface area contributed by atoms with Gasteiger partial charge in [0, 0.05) is 18.6 Å². The van der Waals surface area contributed by atoms with Gasteiger partial charge in [-0.05, 0) is 57.0 Å². The van der Waals surface area contributed by atoms with Crippen LogP contribution >= 0.6 is 24.0 Å². The summed E-state index contributed by atoms with van der Waals surface area (Å²) < 4.78 is 41.2. The first kappa shape index (κ1) is 26.3. The van der Waals surface area contributed by atoms with Crippen molar-refractivity contribution in [3.63, 3.8) is 0 Å². The van der Waals surface area contributed by atoms with E-state index < -0.39 is 15.6 Å². The Morgan fingerprint density at radius 2 is 1.67 bits per heavy atom. The second-order valence-electron chi connectivity index (χ2n) is 7.64. The summed E-state index contributed by atoms with van der Waals surface area (Å²) in [6.45, 7) is 8.67. The average molecular weight is 548 g/mol. The molecule has 0 aliphatic carbocycles. The van der Waals surface area contributed by atoms with Gasteiger partial charge in [-0.25, -0.2) is 22.5 Å². The smallest absolute Gasteiger partial charge is 0.241 e. The molecular formula is C21H30FIN4O2S. The van der Waals surface area contributed by atoms with Gasteiger partial charge >= 0.3 is 0 Å². The van der Waals surface area contributed by atoms with Crippen LogP contribution in [0.5, 0.6) is 0 Å². The molecule has 3 N–H and O–H groups in total. The lowest BCUT2D eigenvalue weighted by Crippen LogP contribution is -2.41. The summed E-state index contributed by atoms with van der Waals surface area (Å²) in [5.74, 6) is 0.261. The summed E-state index contributed by atoms with van der Waals surface area (Å²) in [4.78, 5) is 4.72. The zero-order valence-electron chi connectivity index (χ0n) is 17.7. The molecule has 0 heterocycles. The Morgan fingerprint density at radius 1 is 1.03 bits per heavy atom. The van der Waals surface area contributed by atoms with E-state index in [1.54, 1.807) is 57.2 Å². The van der Waals surface area contributed by atoms with Crippen LogP contribution in [-0.2, 0) is 23.1 Å². The van der Waals surface area contributed by atoms with Gasteiger partial charge in [-0.2, -0.15) is 0 Å². The van der Waals surface area contributed by atoms with Crippen LogP contribution in [0.3, 0.4) is 0 Å². The fourth-order valence-electron chi connectivity index (χ4n) is 2.65. The standard InChI is InChI=1S/C21H29FN4O2S.HI/c1-5-23-20(24-14-16-10-12-18(22)13-11-16)25-15-17-8-6-7-9-19(17)29(27,28)26-21(2,3)4;/h6-13,26H,5,14-15H2,1-4H3,(H2,23,24,25);1H. The molecule has 0 radical (unpaired) electrons. The van der Waals surface area contributed by atoms with Crippen molar-refractivity contribution < 1.29 is 12.8 Å². The molecule has 0 aliphatic rings. The highest BCUT2D eigenvalue weighted by Gasteiger charge is 2.24. The van der Waals surface area contributed by atoms with Gasteiger partial charge in [0.15, 0.2) is 5.96 Å². The zero-order valence-corrected chi connectivity index (χ0v) is 20.8. The summed E-state index contributed by atoms with van der Waals surface area (Å²) in [5.41, 5.74) is 0.933. The predicted octanol–water partition coefficient (Wildman–Crippen LogP) is 3.78. The van der Waals surface area contributed by atoms with Crippen molar-refractivity contribution >= 4 is 40.0 Å². The Balaban J connectivity index is 0.00000450. The maximum atomic E-state index is 13.0. The summed E-state index contributed by atoms with van der Waals surface area (Å²) in [6, 6.07) is 13.0. The maximum absolute atomic E-state index is 13.0. The van der Waals surface area contributed by atoms with Gasteiger partial charge in [-0.15, -0.1) is 24.0 Å². The van der Waals surface area contributed by atoms with Gasteiger partial charge in [0.2, 0.25) is 10.0 Å². The molecule has 0 aliphatic heterocycles. The Morgan fingerprint density at radius 3 is 2.27 bits per heavy atom. The van der Waals surface area contributed by atoms with Gasteiger partial charge in [0.25, 0.3) is 0 Å². The third-order valence-electron chi connectivity index (χ3n) is 3.83. The normalized spacial score (nSPS) is 12.2. The van der Waals surface area contributed by atoms with Crippen molar-refractivity contribution in [3.8, 4) is 0 Å². The van der Waals surface area contributed by atoms with Crippen molar-refractivity contribution in [2.75, 3.05) is 6.54 Å². The lowest BCUT2D eigenvalue weighted by atomic mass is 10.1. The van der Waals surface area contributed by atoms with Crippen LogP contribution < -0.4 is 15.4 Å². The van der Waals surface area contributed by atoms with E-state index in [1.165, 1.54) is 12.1 Å². The molecule has 0 fully saturated rings. The molecule has 0 aromatic heterocycles. The highest BCUT2D eigenvalue weighted by atomic mass is 127. The molecule has 9 heteroatoms. The van der Waals surface area contributed by atoms with Gasteiger partial charge in [-0.1, -0.05) is 30.3 Å². The number of halogens is 2. The first-order chi connectivity index (χ1) is 13.6. The average Bonchev–Trinajstić information content (AvgIpc) is 2.63. The zero-order chi connectivity index (χ0) is 21.5. The Hall–Kier alpha value is -1.72. The van der Waals surface area contributed by atoms with Crippen LogP contribution in [0.1, 0.15) is 38.8 Å². The van der Waals surface area contributed by atoms with E-state index in [0.717, 1.165) is 5.56 Å². The van der Waals surface area contributed by atoms with E-state index in [-0.39, 0.29) is 41.2 Å². The number of aliphatic imine (C=N–C) groups is 1. The number of hydrogen-bond donors (Lipinski definition) is 3. The van der Waals surface area contributed by atoms with Crippen LogP contribution in [-0.4, -0.2) is 26.5 Å². The summed E-state index contributed by atoms with van der Waals surface area (Å²) in [5, 5.41) is 6.30. The second kappa shape index (κ2) is 11.6. The summed E-state index contributed by atoms with van der Waals surface area (Å²) in [6.07, 6.45) is 0. The Kier molecular flexibility index (Phi) is 10.2. The largest absolute Gasteiger partial charge is 0.357 e. The minimum Gasteiger partial charge on any atom is -0.357 e. The minimum absolute atomic E-state index is 0.